The summed E-state index contributed by atoms with van der Waals surface area (Å²) in [6, 6.07) is 7.76. The van der Waals surface area contributed by atoms with Crippen LogP contribution in [0, 0.1) is 29.1 Å². The van der Waals surface area contributed by atoms with E-state index in [1.165, 1.54) is 0 Å². The molecule has 4 atom stereocenters. The first kappa shape index (κ1) is 14.9. The van der Waals surface area contributed by atoms with E-state index in [9.17, 15) is 14.7 Å². The number of halogens is 1. The molecule has 2 N–H and O–H groups in total. The highest BCUT2D eigenvalue weighted by Gasteiger charge is 2.69. The van der Waals surface area contributed by atoms with Crippen LogP contribution in [0.4, 0.5) is 0 Å². The van der Waals surface area contributed by atoms with Gasteiger partial charge in [0.15, 0.2) is 0 Å². The molecule has 5 heteroatoms. The number of aliphatic carboxylic acids is 1. The summed E-state index contributed by atoms with van der Waals surface area (Å²) in [7, 11) is 0. The number of hydrogen-bond donors (Lipinski definition) is 2. The van der Waals surface area contributed by atoms with Gasteiger partial charge >= 0.3 is 5.97 Å². The number of amides is 1. The molecule has 0 saturated heterocycles. The zero-order valence-electron chi connectivity index (χ0n) is 12.5. The van der Waals surface area contributed by atoms with Crippen LogP contribution in [0.3, 0.4) is 0 Å². The number of carboxylic acid groups (broad SMARTS) is 1. The third kappa shape index (κ3) is 2.24. The molecule has 3 aliphatic rings. The van der Waals surface area contributed by atoms with Crippen molar-refractivity contribution in [3.63, 3.8) is 0 Å². The van der Waals surface area contributed by atoms with Gasteiger partial charge in [-0.25, -0.2) is 0 Å². The van der Waals surface area contributed by atoms with E-state index in [0.29, 0.717) is 6.54 Å². The maximum Gasteiger partial charge on any atom is 0.307 e. The first-order valence-corrected chi connectivity index (χ1v) is 8.75. The van der Waals surface area contributed by atoms with Gasteiger partial charge in [0.2, 0.25) is 5.91 Å². The monoisotopic (exact) mass is 375 g/mol. The Labute approximate surface area is 143 Å². The molecule has 4 nitrogen and oxygen atoms in total. The Morgan fingerprint density at radius 2 is 1.74 bits per heavy atom. The lowest BCUT2D eigenvalue weighted by molar-refractivity contribution is -0.147. The standard InChI is InChI=1S/C18H18BrNO3/c19-11-3-1-10(2-4-11)9-20-16(21)14-12-5-6-13(15(14)17(22)23)18(12)7-8-18/h1-6,12-15H,7-9H2,(H,20,21)(H,22,23)/t12-,13+,14+,15+/m0/s1. The average molecular weight is 376 g/mol. The summed E-state index contributed by atoms with van der Waals surface area (Å²) in [6.07, 6.45) is 6.22. The van der Waals surface area contributed by atoms with Gasteiger partial charge < -0.3 is 10.4 Å². The Kier molecular flexibility index (Phi) is 3.38. The van der Waals surface area contributed by atoms with E-state index in [1.807, 2.05) is 30.3 Å². The summed E-state index contributed by atoms with van der Waals surface area (Å²) in [5.74, 6) is -1.83. The topological polar surface area (TPSA) is 66.4 Å². The fraction of sp³-hybridized carbons (Fsp3) is 0.444. The highest BCUT2D eigenvalue weighted by molar-refractivity contribution is 9.10. The molecule has 0 aromatic heterocycles. The molecule has 4 rings (SSSR count). The molecule has 0 unspecified atom stereocenters. The normalized spacial score (nSPS) is 32.2. The second kappa shape index (κ2) is 5.20. The number of carbonyl (C=O) groups excluding carboxylic acids is 1. The third-order valence-corrected chi connectivity index (χ3v) is 6.34. The van der Waals surface area contributed by atoms with E-state index in [1.54, 1.807) is 0 Å². The minimum atomic E-state index is -0.836. The molecule has 2 bridgehead atoms. The lowest BCUT2D eigenvalue weighted by Crippen LogP contribution is -2.39. The van der Waals surface area contributed by atoms with Gasteiger partial charge in [0.05, 0.1) is 11.8 Å². The van der Waals surface area contributed by atoms with Gasteiger partial charge in [0, 0.05) is 11.0 Å². The predicted octanol–water partition coefficient (Wildman–Crippen LogP) is 2.98. The summed E-state index contributed by atoms with van der Waals surface area (Å²) in [6.45, 7) is 0.434. The van der Waals surface area contributed by atoms with Crippen LogP contribution in [0.25, 0.3) is 0 Å². The fourth-order valence-corrected chi connectivity index (χ4v) is 4.86. The Balaban J connectivity index is 1.50. The van der Waals surface area contributed by atoms with Crippen LogP contribution in [0.1, 0.15) is 18.4 Å². The summed E-state index contributed by atoms with van der Waals surface area (Å²) in [5, 5.41) is 12.6. The SMILES string of the molecule is O=C(O)[C@H]1[C@H](C(=O)NCc2ccc(Br)cc2)[C@@H]2C=C[C@H]1C21CC1. The Morgan fingerprint density at radius 1 is 1.13 bits per heavy atom. The number of carboxylic acids is 1. The van der Waals surface area contributed by atoms with Gasteiger partial charge in [-0.05, 0) is 47.8 Å². The maximum atomic E-state index is 12.7. The van der Waals surface area contributed by atoms with Gasteiger partial charge in [-0.3, -0.25) is 9.59 Å². The van der Waals surface area contributed by atoms with E-state index in [0.717, 1.165) is 22.9 Å². The van der Waals surface area contributed by atoms with Gasteiger partial charge in [0.25, 0.3) is 0 Å². The van der Waals surface area contributed by atoms with Gasteiger partial charge in [-0.2, -0.15) is 0 Å². The highest BCUT2D eigenvalue weighted by atomic mass is 79.9. The molecule has 1 aromatic carbocycles. The zero-order valence-corrected chi connectivity index (χ0v) is 14.1. The number of rotatable bonds is 4. The van der Waals surface area contributed by atoms with Crippen molar-refractivity contribution >= 4 is 27.8 Å². The quantitative estimate of drug-likeness (QED) is 0.794. The van der Waals surface area contributed by atoms with E-state index < -0.39 is 17.8 Å². The number of allylic oxidation sites excluding steroid dienone is 2. The Morgan fingerprint density at radius 3 is 2.30 bits per heavy atom. The second-order valence-electron chi connectivity index (χ2n) is 6.90. The maximum absolute atomic E-state index is 12.7. The minimum Gasteiger partial charge on any atom is -0.481 e. The molecular formula is C18H18BrNO3. The molecule has 0 heterocycles. The van der Waals surface area contributed by atoms with Crippen LogP contribution in [-0.2, 0) is 16.1 Å². The first-order valence-electron chi connectivity index (χ1n) is 7.96. The summed E-state index contributed by atoms with van der Waals surface area (Å²) in [5.41, 5.74) is 1.08. The minimum absolute atomic E-state index is 0.0356. The van der Waals surface area contributed by atoms with Gasteiger partial charge in [-0.1, -0.05) is 40.2 Å². The molecule has 1 spiro atoms. The van der Waals surface area contributed by atoms with Crippen molar-refractivity contribution in [3.8, 4) is 0 Å². The molecule has 23 heavy (non-hydrogen) atoms. The molecule has 1 aromatic rings. The smallest absolute Gasteiger partial charge is 0.307 e. The molecule has 0 aliphatic heterocycles. The van der Waals surface area contributed by atoms with E-state index in [2.05, 4.69) is 27.3 Å². The lowest BCUT2D eigenvalue weighted by atomic mass is 9.82. The molecule has 2 fully saturated rings. The average Bonchev–Trinajstić information content (AvgIpc) is 3.20. The van der Waals surface area contributed by atoms with E-state index >= 15 is 0 Å². The number of nitrogens with one attached hydrogen (secondary N) is 1. The van der Waals surface area contributed by atoms with Crippen molar-refractivity contribution in [1.82, 2.24) is 5.32 Å². The van der Waals surface area contributed by atoms with Crippen molar-refractivity contribution in [1.29, 1.82) is 0 Å². The van der Waals surface area contributed by atoms with Crippen LogP contribution >= 0.6 is 15.9 Å². The highest BCUT2D eigenvalue weighted by Crippen LogP contribution is 2.71. The number of benzene rings is 1. The van der Waals surface area contributed by atoms with Crippen molar-refractivity contribution in [3.05, 3.63) is 46.5 Å². The summed E-state index contributed by atoms with van der Waals surface area (Å²) < 4.78 is 0.993. The van der Waals surface area contributed by atoms with Crippen LogP contribution in [0.15, 0.2) is 40.9 Å². The van der Waals surface area contributed by atoms with E-state index in [4.69, 9.17) is 0 Å². The van der Waals surface area contributed by atoms with Crippen LogP contribution in [0.2, 0.25) is 0 Å². The summed E-state index contributed by atoms with van der Waals surface area (Å²) >= 11 is 3.38. The Hall–Kier alpha value is -1.62. The first-order chi connectivity index (χ1) is 11.0. The van der Waals surface area contributed by atoms with Gasteiger partial charge in [0.1, 0.15) is 0 Å². The molecule has 3 aliphatic carbocycles. The number of hydrogen-bond acceptors (Lipinski definition) is 2. The fourth-order valence-electron chi connectivity index (χ4n) is 4.60. The molecule has 120 valence electrons. The zero-order chi connectivity index (χ0) is 16.2. The molecule has 1 amide bonds. The lowest BCUT2D eigenvalue weighted by Gasteiger charge is -2.23. The van der Waals surface area contributed by atoms with Crippen LogP contribution in [0.5, 0.6) is 0 Å². The summed E-state index contributed by atoms with van der Waals surface area (Å²) in [4.78, 5) is 24.4. The predicted molar refractivity (Wildman–Crippen MR) is 88.4 cm³/mol. The third-order valence-electron chi connectivity index (χ3n) is 5.81. The van der Waals surface area contributed by atoms with Gasteiger partial charge in [-0.15, -0.1) is 0 Å². The Bertz CT molecular complexity index is 693. The van der Waals surface area contributed by atoms with Crippen molar-refractivity contribution < 1.29 is 14.7 Å². The molecule has 0 radical (unpaired) electrons. The van der Waals surface area contributed by atoms with Crippen LogP contribution < -0.4 is 5.32 Å². The number of carbonyl (C=O) groups is 2. The molecular weight excluding hydrogens is 358 g/mol. The molecule has 2 saturated carbocycles. The van der Waals surface area contributed by atoms with Crippen LogP contribution in [-0.4, -0.2) is 17.0 Å². The second-order valence-corrected chi connectivity index (χ2v) is 7.82. The van der Waals surface area contributed by atoms with Crippen molar-refractivity contribution in [2.75, 3.05) is 0 Å². The largest absolute Gasteiger partial charge is 0.481 e. The van der Waals surface area contributed by atoms with E-state index in [-0.39, 0.29) is 23.2 Å². The van der Waals surface area contributed by atoms with Crippen molar-refractivity contribution in [2.24, 2.45) is 29.1 Å². The van der Waals surface area contributed by atoms with Crippen molar-refractivity contribution in [2.45, 2.75) is 19.4 Å².